The molecule has 0 amide bonds. The number of carbonyl (C=O) groups excluding carboxylic acids is 1. The highest BCUT2D eigenvalue weighted by Crippen LogP contribution is 2.29. The molecular weight excluding hydrogens is 410 g/mol. The van der Waals surface area contributed by atoms with Crippen molar-refractivity contribution in [2.75, 3.05) is 0 Å². The molecule has 0 aromatic heterocycles. The van der Waals surface area contributed by atoms with Crippen LogP contribution in [0.3, 0.4) is 0 Å². The second kappa shape index (κ2) is 9.53. The fourth-order valence-corrected chi connectivity index (χ4v) is 2.65. The molecule has 0 radical (unpaired) electrons. The summed E-state index contributed by atoms with van der Waals surface area (Å²) in [4.78, 5) is 27.2. The summed E-state index contributed by atoms with van der Waals surface area (Å²) in [5.41, 5.74) is 7.35. The van der Waals surface area contributed by atoms with Gasteiger partial charge in [-0.25, -0.2) is 4.79 Å². The van der Waals surface area contributed by atoms with E-state index in [9.17, 15) is 14.9 Å². The fourth-order valence-electron chi connectivity index (χ4n) is 2.42. The summed E-state index contributed by atoms with van der Waals surface area (Å²) in [5.74, 6) is -0.245. The monoisotopic (exact) mass is 425 g/mol. The molecule has 0 aliphatic rings. The molecule has 0 atom stereocenters. The number of non-ortho nitro benzene ring substituents is 1. The van der Waals surface area contributed by atoms with Crippen LogP contribution >= 0.6 is 11.6 Å². The van der Waals surface area contributed by atoms with Gasteiger partial charge in [0, 0.05) is 17.7 Å². The molecule has 152 valence electrons. The number of halogens is 1. The van der Waals surface area contributed by atoms with E-state index in [2.05, 4.69) is 5.16 Å². The third-order valence-electron chi connectivity index (χ3n) is 4.01. The van der Waals surface area contributed by atoms with Crippen LogP contribution in [-0.2, 0) is 11.4 Å². The number of amidine groups is 1. The molecule has 0 saturated carbocycles. The molecule has 0 fully saturated rings. The molecular formula is C21H16ClN3O5. The highest BCUT2D eigenvalue weighted by Gasteiger charge is 2.11. The van der Waals surface area contributed by atoms with Crippen LogP contribution in [0, 0.1) is 10.1 Å². The van der Waals surface area contributed by atoms with Gasteiger partial charge < -0.3 is 15.3 Å². The first-order valence-corrected chi connectivity index (χ1v) is 9.08. The fraction of sp³-hybridized carbons (Fsp3) is 0.0476. The van der Waals surface area contributed by atoms with E-state index in [-0.39, 0.29) is 28.7 Å². The van der Waals surface area contributed by atoms with Gasteiger partial charge in [-0.2, -0.15) is 0 Å². The number of hydrogen-bond acceptors (Lipinski definition) is 6. The van der Waals surface area contributed by atoms with Gasteiger partial charge in [-0.3, -0.25) is 10.1 Å². The van der Waals surface area contributed by atoms with Crippen LogP contribution in [-0.4, -0.2) is 16.7 Å². The number of hydrogen-bond donors (Lipinski definition) is 1. The Hall–Kier alpha value is -3.91. The Kier molecular flexibility index (Phi) is 6.61. The summed E-state index contributed by atoms with van der Waals surface area (Å²) in [5, 5.41) is 14.5. The Morgan fingerprint density at radius 2 is 1.73 bits per heavy atom. The van der Waals surface area contributed by atoms with Gasteiger partial charge in [0.05, 0.1) is 15.5 Å². The Labute approximate surface area is 176 Å². The van der Waals surface area contributed by atoms with Gasteiger partial charge in [0.15, 0.2) is 5.84 Å². The molecule has 2 N–H and O–H groups in total. The lowest BCUT2D eigenvalue weighted by Gasteiger charge is -2.08. The van der Waals surface area contributed by atoms with E-state index in [4.69, 9.17) is 26.9 Å². The van der Waals surface area contributed by atoms with Crippen molar-refractivity contribution in [2.45, 2.75) is 6.61 Å². The van der Waals surface area contributed by atoms with Gasteiger partial charge in [0.2, 0.25) is 0 Å². The average molecular weight is 426 g/mol. The van der Waals surface area contributed by atoms with Crippen LogP contribution in [0.2, 0.25) is 5.02 Å². The highest BCUT2D eigenvalue weighted by molar-refractivity contribution is 6.32. The van der Waals surface area contributed by atoms with Crippen LogP contribution in [0.5, 0.6) is 5.75 Å². The smallest absolute Gasteiger partial charge is 0.365 e. The second-order valence-electron chi connectivity index (χ2n) is 6.08. The normalized spacial score (nSPS) is 11.0. The van der Waals surface area contributed by atoms with Crippen molar-refractivity contribution in [2.24, 2.45) is 10.9 Å². The molecule has 8 nitrogen and oxygen atoms in total. The summed E-state index contributed by atoms with van der Waals surface area (Å²) in [6.45, 7) is 0.159. The zero-order chi connectivity index (χ0) is 21.5. The number of nitrogens with zero attached hydrogens (tertiary/aromatic N) is 2. The number of ether oxygens (including phenoxy) is 1. The maximum Gasteiger partial charge on any atom is 0.365 e. The SMILES string of the molecule is N/C(=N\OC(=O)c1ccc(COc2ccc([N+](=O)[O-])cc2Cl)cc1)c1ccccc1. The molecule has 0 unspecified atom stereocenters. The van der Waals surface area contributed by atoms with E-state index >= 15 is 0 Å². The Morgan fingerprint density at radius 1 is 1.03 bits per heavy atom. The zero-order valence-corrected chi connectivity index (χ0v) is 16.3. The van der Waals surface area contributed by atoms with Crippen LogP contribution in [0.1, 0.15) is 21.5 Å². The third kappa shape index (κ3) is 5.33. The zero-order valence-electron chi connectivity index (χ0n) is 15.5. The van der Waals surface area contributed by atoms with Crippen molar-refractivity contribution in [3.8, 4) is 5.75 Å². The molecule has 0 spiro atoms. The first-order chi connectivity index (χ1) is 14.4. The highest BCUT2D eigenvalue weighted by atomic mass is 35.5. The lowest BCUT2D eigenvalue weighted by molar-refractivity contribution is -0.384. The van der Waals surface area contributed by atoms with Crippen LogP contribution in [0.4, 0.5) is 5.69 Å². The number of nitro benzene ring substituents is 1. The summed E-state index contributed by atoms with van der Waals surface area (Å²) < 4.78 is 5.58. The first kappa shape index (κ1) is 20.8. The van der Waals surface area contributed by atoms with E-state index < -0.39 is 10.9 Å². The maximum absolute atomic E-state index is 12.1. The molecule has 0 bridgehead atoms. The molecule has 0 aliphatic carbocycles. The number of nitrogens with two attached hydrogens (primary N) is 1. The van der Waals surface area contributed by atoms with Crippen molar-refractivity contribution < 1.29 is 19.3 Å². The number of benzene rings is 3. The van der Waals surface area contributed by atoms with Gasteiger partial charge >= 0.3 is 5.97 Å². The standard InChI is InChI=1S/C21H16ClN3O5/c22-18-12-17(25(27)28)10-11-19(18)29-13-14-6-8-16(9-7-14)21(26)30-24-20(23)15-4-2-1-3-5-15/h1-12H,13H2,(H2,23,24). The molecule has 0 saturated heterocycles. The molecule has 0 heterocycles. The predicted molar refractivity (Wildman–Crippen MR) is 111 cm³/mol. The van der Waals surface area contributed by atoms with Gasteiger partial charge in [0.1, 0.15) is 12.4 Å². The van der Waals surface area contributed by atoms with Crippen molar-refractivity contribution in [1.82, 2.24) is 0 Å². The summed E-state index contributed by atoms with van der Waals surface area (Å²) in [7, 11) is 0. The second-order valence-corrected chi connectivity index (χ2v) is 6.49. The molecule has 9 heteroatoms. The average Bonchev–Trinajstić information content (AvgIpc) is 2.77. The van der Waals surface area contributed by atoms with E-state index in [1.807, 2.05) is 6.07 Å². The molecule has 3 aromatic carbocycles. The summed E-state index contributed by atoms with van der Waals surface area (Å²) in [6, 6.07) is 19.4. The predicted octanol–water partition coefficient (Wildman–Crippen LogP) is 4.30. The van der Waals surface area contributed by atoms with E-state index in [0.29, 0.717) is 11.3 Å². The summed E-state index contributed by atoms with van der Waals surface area (Å²) >= 11 is 6.00. The van der Waals surface area contributed by atoms with E-state index in [1.54, 1.807) is 48.5 Å². The van der Waals surface area contributed by atoms with Gasteiger partial charge in [0.25, 0.3) is 5.69 Å². The third-order valence-corrected chi connectivity index (χ3v) is 4.30. The van der Waals surface area contributed by atoms with Crippen molar-refractivity contribution in [3.05, 3.63) is 105 Å². The van der Waals surface area contributed by atoms with Gasteiger partial charge in [-0.05, 0) is 23.8 Å². The number of carbonyl (C=O) groups is 1. The number of nitro groups is 1. The minimum absolute atomic E-state index is 0.0916. The van der Waals surface area contributed by atoms with E-state index in [0.717, 1.165) is 5.56 Å². The minimum Gasteiger partial charge on any atom is -0.487 e. The summed E-state index contributed by atoms with van der Waals surface area (Å²) in [6.07, 6.45) is 0. The quantitative estimate of drug-likeness (QED) is 0.198. The Bertz CT molecular complexity index is 1090. The number of oxime groups is 1. The van der Waals surface area contributed by atoms with Crippen LogP contribution in [0.25, 0.3) is 0 Å². The lowest BCUT2D eigenvalue weighted by atomic mass is 10.1. The topological polar surface area (TPSA) is 117 Å². The Morgan fingerprint density at radius 3 is 2.37 bits per heavy atom. The molecule has 3 rings (SSSR count). The number of rotatable bonds is 7. The minimum atomic E-state index is -0.653. The van der Waals surface area contributed by atoms with Gasteiger partial charge in [-0.15, -0.1) is 0 Å². The van der Waals surface area contributed by atoms with Crippen molar-refractivity contribution >= 4 is 29.1 Å². The molecule has 0 aliphatic heterocycles. The maximum atomic E-state index is 12.1. The first-order valence-electron chi connectivity index (χ1n) is 8.70. The largest absolute Gasteiger partial charge is 0.487 e. The van der Waals surface area contributed by atoms with Crippen molar-refractivity contribution in [3.63, 3.8) is 0 Å². The van der Waals surface area contributed by atoms with Gasteiger partial charge in [-0.1, -0.05) is 59.2 Å². The Balaban J connectivity index is 1.58. The van der Waals surface area contributed by atoms with Crippen LogP contribution in [0.15, 0.2) is 78.0 Å². The lowest BCUT2D eigenvalue weighted by Crippen LogP contribution is -2.15. The molecule has 3 aromatic rings. The van der Waals surface area contributed by atoms with Crippen molar-refractivity contribution in [1.29, 1.82) is 0 Å². The van der Waals surface area contributed by atoms with E-state index in [1.165, 1.54) is 18.2 Å². The molecule has 30 heavy (non-hydrogen) atoms. The van der Waals surface area contributed by atoms with Crippen LogP contribution < -0.4 is 10.5 Å².